The normalized spacial score (nSPS) is 49.2. The van der Waals surface area contributed by atoms with Crippen LogP contribution in [0.1, 0.15) is 0 Å². The highest BCUT2D eigenvalue weighted by Gasteiger charge is 2.42. The molecule has 0 aromatic heterocycles. The molecule has 1 aliphatic rings. The number of hydrogen-bond donors (Lipinski definition) is 5. The Morgan fingerprint density at radius 1 is 0.917 bits per heavy atom. The largest absolute Gasteiger partial charge is 0.394 e. The van der Waals surface area contributed by atoms with Gasteiger partial charge in [0.25, 0.3) is 0 Å². The van der Waals surface area contributed by atoms with Gasteiger partial charge in [0.1, 0.15) is 24.4 Å². The molecule has 0 aromatic carbocycles. The molecule has 1 aliphatic heterocycles. The highest BCUT2D eigenvalue weighted by atomic mass is 16.7. The first-order valence-corrected chi connectivity index (χ1v) is 3.56. The molecule has 0 aliphatic carbocycles. The molecule has 5 N–H and O–H groups in total. The topological polar surface area (TPSA) is 110 Å². The van der Waals surface area contributed by atoms with Crippen LogP contribution >= 0.6 is 0 Å². The summed E-state index contributed by atoms with van der Waals surface area (Å²) < 4.78 is 4.58. The van der Waals surface area contributed by atoms with Crippen molar-refractivity contribution in [3.05, 3.63) is 0 Å². The Hall–Kier alpha value is -0.240. The Morgan fingerprint density at radius 2 is 1.50 bits per heavy atom. The Kier molecular flexibility index (Phi) is 2.99. The van der Waals surface area contributed by atoms with Gasteiger partial charge in [-0.2, -0.15) is 0 Å². The number of hydrogen-bond acceptors (Lipinski definition) is 6. The summed E-state index contributed by atoms with van der Waals surface area (Å²) in [4.78, 5) is 0. The molecule has 1 rings (SSSR count). The summed E-state index contributed by atoms with van der Waals surface area (Å²) in [5.41, 5.74) is 0. The lowest BCUT2D eigenvalue weighted by Gasteiger charge is -2.37. The molecule has 0 radical (unpaired) electrons. The molecule has 5 atom stereocenters. The van der Waals surface area contributed by atoms with E-state index < -0.39 is 37.3 Å². The minimum Gasteiger partial charge on any atom is -0.394 e. The molecule has 0 spiro atoms. The summed E-state index contributed by atoms with van der Waals surface area (Å²) in [7, 11) is 0. The van der Waals surface area contributed by atoms with E-state index in [1.807, 2.05) is 0 Å². The van der Waals surface area contributed by atoms with Gasteiger partial charge in [-0.25, -0.2) is 0 Å². The van der Waals surface area contributed by atoms with Crippen LogP contribution in [0.25, 0.3) is 0 Å². The molecule has 6 heteroatoms. The van der Waals surface area contributed by atoms with Crippen LogP contribution < -0.4 is 0 Å². The van der Waals surface area contributed by atoms with Crippen LogP contribution in [-0.2, 0) is 4.74 Å². The second-order valence-corrected chi connectivity index (χ2v) is 2.72. The summed E-state index contributed by atoms with van der Waals surface area (Å²) in [6.45, 7) is -0.526. The fourth-order valence-electron chi connectivity index (χ4n) is 1.08. The third-order valence-electron chi connectivity index (χ3n) is 1.87. The maximum absolute atomic E-state index is 9.12. The number of ether oxygens (including phenoxy) is 1. The molecule has 1 unspecified atom stereocenters. The lowest BCUT2D eigenvalue weighted by molar-refractivity contribution is -0.286. The molecule has 1 heterocycles. The first-order valence-electron chi connectivity index (χ1n) is 3.56. The molecule has 12 heavy (non-hydrogen) atoms. The Bertz CT molecular complexity index is 146. The van der Waals surface area contributed by atoms with E-state index in [1.54, 1.807) is 0 Å². The van der Waals surface area contributed by atoms with Crippen molar-refractivity contribution in [2.24, 2.45) is 0 Å². The molecule has 6 nitrogen and oxygen atoms in total. The van der Waals surface area contributed by atoms with Gasteiger partial charge in [0.15, 0.2) is 6.29 Å². The number of aliphatic hydroxyl groups excluding tert-OH is 5. The van der Waals surface area contributed by atoms with Crippen LogP contribution in [-0.4, -0.2) is 62.8 Å². The van der Waals surface area contributed by atoms with Crippen LogP contribution in [0.15, 0.2) is 0 Å². The van der Waals surface area contributed by atoms with Gasteiger partial charge in [-0.05, 0) is 0 Å². The van der Waals surface area contributed by atoms with E-state index in [0.29, 0.717) is 0 Å². The summed E-state index contributed by atoms with van der Waals surface area (Å²) in [5, 5.41) is 44.7. The monoisotopic (exact) mass is 181 g/mol. The molecule has 0 aromatic rings. The van der Waals surface area contributed by atoms with Gasteiger partial charge in [0.05, 0.1) is 6.61 Å². The molecule has 72 valence electrons. The zero-order valence-corrected chi connectivity index (χ0v) is 6.24. The van der Waals surface area contributed by atoms with E-state index in [2.05, 4.69) is 4.74 Å². The van der Waals surface area contributed by atoms with Gasteiger partial charge >= 0.3 is 0 Å². The summed E-state index contributed by atoms with van der Waals surface area (Å²) in [6.07, 6.45) is -7.04. The quantitative estimate of drug-likeness (QED) is 0.272. The average molecular weight is 181 g/mol. The number of aliphatic hydroxyl groups is 5. The molecule has 0 amide bonds. The van der Waals surface area contributed by atoms with Gasteiger partial charge in [-0.3, -0.25) is 0 Å². The molecule has 1 saturated heterocycles. The highest BCUT2D eigenvalue weighted by Crippen LogP contribution is 2.18. The SMILES string of the molecule is OCC1O[C@H](O)[13C@@H](O)[C@H](O)[C@@H]1O. The lowest BCUT2D eigenvalue weighted by atomic mass is 10.1. The summed E-state index contributed by atoms with van der Waals surface area (Å²) >= 11 is 0. The highest BCUT2D eigenvalue weighted by molar-refractivity contribution is 4.87. The van der Waals surface area contributed by atoms with Gasteiger partial charge in [-0.15, -0.1) is 0 Å². The van der Waals surface area contributed by atoms with Gasteiger partial charge in [-0.1, -0.05) is 0 Å². The smallest absolute Gasteiger partial charge is 0.184 e. The molecular formula is C6H12O6. The van der Waals surface area contributed by atoms with E-state index in [4.69, 9.17) is 25.5 Å². The van der Waals surface area contributed by atoms with Crippen molar-refractivity contribution in [1.82, 2.24) is 0 Å². The molecule has 1 fully saturated rings. The lowest BCUT2D eigenvalue weighted by Crippen LogP contribution is -2.58. The molecule has 0 bridgehead atoms. The van der Waals surface area contributed by atoms with Crippen molar-refractivity contribution in [2.75, 3.05) is 6.61 Å². The first kappa shape index (κ1) is 9.85. The second-order valence-electron chi connectivity index (χ2n) is 2.72. The van der Waals surface area contributed by atoms with E-state index >= 15 is 0 Å². The maximum atomic E-state index is 9.12. The van der Waals surface area contributed by atoms with Gasteiger partial charge < -0.3 is 30.3 Å². The summed E-state index contributed by atoms with van der Waals surface area (Å²) in [5.74, 6) is 0. The Labute approximate surface area is 68.6 Å². The van der Waals surface area contributed by atoms with Crippen LogP contribution in [0.3, 0.4) is 0 Å². The van der Waals surface area contributed by atoms with Gasteiger partial charge in [0, 0.05) is 0 Å². The maximum Gasteiger partial charge on any atom is 0.184 e. The zero-order valence-electron chi connectivity index (χ0n) is 6.24. The standard InChI is InChI=1S/C6H12O6/c7-1-2-3(8)4(9)5(10)6(11)12-2/h2-11H,1H2/t2?,3-,4-,5+,6+/m1/s1/i5+1. The van der Waals surface area contributed by atoms with E-state index in [0.717, 1.165) is 0 Å². The fraction of sp³-hybridized carbons (Fsp3) is 1.00. The first-order chi connectivity index (χ1) is 5.57. The third-order valence-corrected chi connectivity index (χ3v) is 1.87. The minimum atomic E-state index is -1.57. The third kappa shape index (κ3) is 1.58. The van der Waals surface area contributed by atoms with E-state index in [-0.39, 0.29) is 0 Å². The van der Waals surface area contributed by atoms with E-state index in [9.17, 15) is 0 Å². The van der Waals surface area contributed by atoms with Crippen LogP contribution in [0, 0.1) is 0 Å². The van der Waals surface area contributed by atoms with Crippen molar-refractivity contribution < 1.29 is 30.3 Å². The average Bonchev–Trinajstić information content (AvgIpc) is 2.08. The van der Waals surface area contributed by atoms with Crippen molar-refractivity contribution >= 4 is 0 Å². The van der Waals surface area contributed by atoms with Crippen molar-refractivity contribution in [3.8, 4) is 0 Å². The minimum absolute atomic E-state index is 0.526. The second kappa shape index (κ2) is 3.65. The van der Waals surface area contributed by atoms with Crippen LogP contribution in [0.2, 0.25) is 0 Å². The predicted octanol–water partition coefficient (Wildman–Crippen LogP) is -3.22. The van der Waals surface area contributed by atoms with Crippen LogP contribution in [0.5, 0.6) is 0 Å². The van der Waals surface area contributed by atoms with Crippen LogP contribution in [0.4, 0.5) is 0 Å². The van der Waals surface area contributed by atoms with Crippen molar-refractivity contribution in [1.29, 1.82) is 0 Å². The van der Waals surface area contributed by atoms with Gasteiger partial charge in [0.2, 0.25) is 0 Å². The summed E-state index contributed by atoms with van der Waals surface area (Å²) in [6, 6.07) is 0. The predicted molar refractivity (Wildman–Crippen MR) is 36.0 cm³/mol. The fourth-order valence-corrected chi connectivity index (χ4v) is 1.08. The molecule has 0 saturated carbocycles. The Morgan fingerprint density at radius 3 is 2.00 bits per heavy atom. The van der Waals surface area contributed by atoms with Crippen molar-refractivity contribution in [2.45, 2.75) is 30.7 Å². The number of rotatable bonds is 1. The van der Waals surface area contributed by atoms with E-state index in [1.165, 1.54) is 0 Å². The zero-order chi connectivity index (χ0) is 9.30. The Balaban J connectivity index is 2.63. The van der Waals surface area contributed by atoms with Crippen molar-refractivity contribution in [3.63, 3.8) is 0 Å². The molecular weight excluding hydrogens is 169 g/mol.